The van der Waals surface area contributed by atoms with Crippen LogP contribution in [0.25, 0.3) is 16.9 Å². The fourth-order valence-electron chi connectivity index (χ4n) is 2.31. The Morgan fingerprint density at radius 2 is 1.70 bits per heavy atom. The molecule has 0 fully saturated rings. The van der Waals surface area contributed by atoms with Gasteiger partial charge < -0.3 is 0 Å². The topological polar surface area (TPSA) is 102 Å². The summed E-state index contributed by atoms with van der Waals surface area (Å²) in [6.07, 6.45) is 0. The van der Waals surface area contributed by atoms with E-state index in [0.29, 0.717) is 11.4 Å². The highest BCUT2D eigenvalue weighted by molar-refractivity contribution is 7.89. The van der Waals surface area contributed by atoms with E-state index in [-0.39, 0.29) is 10.6 Å². The van der Waals surface area contributed by atoms with Gasteiger partial charge in [-0.1, -0.05) is 42.5 Å². The standard InChI is InChI=1S/C16H12N4O2S/c17-11-13-10-15(12-6-2-1-3-7-12)20(19-13)14-8-4-5-9-16(14)23(18,21)22/h1-10H,(H2,18,21,22). The molecule has 0 unspecified atom stereocenters. The Hall–Kier alpha value is -2.95. The molecule has 6 nitrogen and oxygen atoms in total. The molecule has 2 aromatic carbocycles. The minimum Gasteiger partial charge on any atom is -0.230 e. The van der Waals surface area contributed by atoms with Crippen molar-refractivity contribution in [3.8, 4) is 23.0 Å². The zero-order chi connectivity index (χ0) is 16.4. The molecule has 0 atom stereocenters. The molecule has 0 aliphatic heterocycles. The number of benzene rings is 2. The molecule has 23 heavy (non-hydrogen) atoms. The van der Waals surface area contributed by atoms with Crippen LogP contribution in [0.5, 0.6) is 0 Å². The van der Waals surface area contributed by atoms with E-state index in [9.17, 15) is 8.42 Å². The van der Waals surface area contributed by atoms with Crippen LogP contribution in [-0.4, -0.2) is 18.2 Å². The van der Waals surface area contributed by atoms with Crippen LogP contribution in [0.4, 0.5) is 0 Å². The Bertz CT molecular complexity index is 1000. The molecular formula is C16H12N4O2S. The third-order valence-corrected chi connectivity index (χ3v) is 4.25. The number of hydrogen-bond acceptors (Lipinski definition) is 4. The Kier molecular flexibility index (Phi) is 3.70. The SMILES string of the molecule is N#Cc1cc(-c2ccccc2)n(-c2ccccc2S(N)(=O)=O)n1. The molecule has 0 spiro atoms. The van der Waals surface area contributed by atoms with Crippen LogP contribution in [-0.2, 0) is 10.0 Å². The van der Waals surface area contributed by atoms with E-state index in [1.54, 1.807) is 24.3 Å². The molecule has 2 N–H and O–H groups in total. The number of para-hydroxylation sites is 1. The fourth-order valence-corrected chi connectivity index (χ4v) is 3.02. The van der Waals surface area contributed by atoms with Crippen molar-refractivity contribution in [2.45, 2.75) is 4.90 Å². The van der Waals surface area contributed by atoms with Crippen molar-refractivity contribution < 1.29 is 8.42 Å². The highest BCUT2D eigenvalue weighted by Gasteiger charge is 2.19. The lowest BCUT2D eigenvalue weighted by Crippen LogP contribution is -2.16. The molecule has 0 bridgehead atoms. The molecule has 3 rings (SSSR count). The molecule has 0 aliphatic rings. The van der Waals surface area contributed by atoms with Gasteiger partial charge in [0.15, 0.2) is 5.69 Å². The summed E-state index contributed by atoms with van der Waals surface area (Å²) in [6.45, 7) is 0. The Labute approximate surface area is 133 Å². The summed E-state index contributed by atoms with van der Waals surface area (Å²) in [4.78, 5) is -0.0511. The monoisotopic (exact) mass is 324 g/mol. The van der Waals surface area contributed by atoms with Crippen molar-refractivity contribution in [3.05, 3.63) is 66.4 Å². The Balaban J connectivity index is 2.31. The van der Waals surface area contributed by atoms with Crippen LogP contribution in [0, 0.1) is 11.3 Å². The van der Waals surface area contributed by atoms with Gasteiger partial charge in [0.2, 0.25) is 10.0 Å². The van der Waals surface area contributed by atoms with E-state index in [2.05, 4.69) is 5.10 Å². The third-order valence-electron chi connectivity index (χ3n) is 3.29. The van der Waals surface area contributed by atoms with Gasteiger partial charge in [-0.05, 0) is 12.1 Å². The molecule has 0 radical (unpaired) electrons. The van der Waals surface area contributed by atoms with E-state index in [1.165, 1.54) is 10.7 Å². The first-order chi connectivity index (χ1) is 11.0. The molecule has 1 aromatic heterocycles. The first kappa shape index (κ1) is 15.0. The normalized spacial score (nSPS) is 11.1. The van der Waals surface area contributed by atoms with Gasteiger partial charge >= 0.3 is 0 Å². The third kappa shape index (κ3) is 2.85. The van der Waals surface area contributed by atoms with Crippen LogP contribution in [0.3, 0.4) is 0 Å². The summed E-state index contributed by atoms with van der Waals surface area (Å²) in [6, 6.07) is 19.1. The number of nitrogens with two attached hydrogens (primary N) is 1. The maximum Gasteiger partial charge on any atom is 0.240 e. The highest BCUT2D eigenvalue weighted by atomic mass is 32.2. The van der Waals surface area contributed by atoms with Crippen LogP contribution >= 0.6 is 0 Å². The number of rotatable bonds is 3. The van der Waals surface area contributed by atoms with Crippen molar-refractivity contribution in [2.24, 2.45) is 5.14 Å². The average molecular weight is 324 g/mol. The van der Waals surface area contributed by atoms with Gasteiger partial charge in [0.1, 0.15) is 11.0 Å². The summed E-state index contributed by atoms with van der Waals surface area (Å²) in [5, 5.41) is 18.6. The number of sulfonamides is 1. The molecule has 3 aromatic rings. The minimum absolute atomic E-state index is 0.0511. The van der Waals surface area contributed by atoms with E-state index < -0.39 is 10.0 Å². The molecule has 1 heterocycles. The van der Waals surface area contributed by atoms with E-state index in [0.717, 1.165) is 5.56 Å². The van der Waals surface area contributed by atoms with Gasteiger partial charge in [0, 0.05) is 11.6 Å². The van der Waals surface area contributed by atoms with Crippen molar-refractivity contribution in [3.63, 3.8) is 0 Å². The van der Waals surface area contributed by atoms with Crippen LogP contribution in [0.15, 0.2) is 65.6 Å². The predicted molar refractivity (Wildman–Crippen MR) is 85.1 cm³/mol. The molecule has 0 aliphatic carbocycles. The van der Waals surface area contributed by atoms with Gasteiger partial charge in [-0.25, -0.2) is 18.2 Å². The van der Waals surface area contributed by atoms with Gasteiger partial charge in [-0.15, -0.1) is 0 Å². The molecule has 0 saturated carbocycles. The Morgan fingerprint density at radius 3 is 2.35 bits per heavy atom. The lowest BCUT2D eigenvalue weighted by atomic mass is 10.1. The number of primary sulfonamides is 1. The molecule has 0 amide bonds. The van der Waals surface area contributed by atoms with Crippen LogP contribution < -0.4 is 5.14 Å². The van der Waals surface area contributed by atoms with Crippen molar-refractivity contribution >= 4 is 10.0 Å². The molecule has 7 heteroatoms. The smallest absolute Gasteiger partial charge is 0.230 e. The summed E-state index contributed by atoms with van der Waals surface area (Å²) < 4.78 is 25.1. The lowest BCUT2D eigenvalue weighted by molar-refractivity contribution is 0.596. The van der Waals surface area contributed by atoms with Crippen molar-refractivity contribution in [2.75, 3.05) is 0 Å². The second-order valence-corrected chi connectivity index (χ2v) is 6.35. The summed E-state index contributed by atoms with van der Waals surface area (Å²) in [5.74, 6) is 0. The largest absolute Gasteiger partial charge is 0.240 e. The molecular weight excluding hydrogens is 312 g/mol. The van der Waals surface area contributed by atoms with Crippen molar-refractivity contribution in [1.82, 2.24) is 9.78 Å². The van der Waals surface area contributed by atoms with Crippen LogP contribution in [0.2, 0.25) is 0 Å². The average Bonchev–Trinajstić information content (AvgIpc) is 2.99. The zero-order valence-corrected chi connectivity index (χ0v) is 12.7. The number of nitriles is 1. The molecule has 114 valence electrons. The summed E-state index contributed by atoms with van der Waals surface area (Å²) in [7, 11) is -3.92. The Morgan fingerprint density at radius 1 is 1.04 bits per heavy atom. The van der Waals surface area contributed by atoms with E-state index in [1.807, 2.05) is 36.4 Å². The van der Waals surface area contributed by atoms with Crippen molar-refractivity contribution in [1.29, 1.82) is 5.26 Å². The van der Waals surface area contributed by atoms with Gasteiger partial charge in [0.05, 0.1) is 11.4 Å². The van der Waals surface area contributed by atoms with Gasteiger partial charge in [-0.3, -0.25) is 0 Å². The van der Waals surface area contributed by atoms with Gasteiger partial charge in [-0.2, -0.15) is 10.4 Å². The zero-order valence-electron chi connectivity index (χ0n) is 11.9. The first-order valence-electron chi connectivity index (χ1n) is 6.68. The lowest BCUT2D eigenvalue weighted by Gasteiger charge is -2.11. The fraction of sp³-hybridized carbons (Fsp3) is 0. The van der Waals surface area contributed by atoms with Gasteiger partial charge in [0.25, 0.3) is 0 Å². The maximum absolute atomic E-state index is 11.8. The second kappa shape index (κ2) is 5.68. The highest BCUT2D eigenvalue weighted by Crippen LogP contribution is 2.26. The maximum atomic E-state index is 11.8. The summed E-state index contributed by atoms with van der Waals surface area (Å²) in [5.41, 5.74) is 1.91. The summed E-state index contributed by atoms with van der Waals surface area (Å²) >= 11 is 0. The van der Waals surface area contributed by atoms with E-state index in [4.69, 9.17) is 10.4 Å². The molecule has 0 saturated heterocycles. The predicted octanol–water partition coefficient (Wildman–Crippen LogP) is 2.06. The minimum atomic E-state index is -3.92. The second-order valence-electron chi connectivity index (χ2n) is 4.82. The first-order valence-corrected chi connectivity index (χ1v) is 8.23. The number of aromatic nitrogens is 2. The number of nitrogens with zero attached hydrogens (tertiary/aromatic N) is 3. The number of hydrogen-bond donors (Lipinski definition) is 1. The quantitative estimate of drug-likeness (QED) is 0.796. The van der Waals surface area contributed by atoms with Crippen LogP contribution in [0.1, 0.15) is 5.69 Å². The van der Waals surface area contributed by atoms with E-state index >= 15 is 0 Å².